The minimum Gasteiger partial charge on any atom is -0.385 e. The number of pyridine rings is 1. The number of rotatable bonds is 2. The number of aromatic nitrogens is 3. The van der Waals surface area contributed by atoms with E-state index >= 15 is 0 Å². The lowest BCUT2D eigenvalue weighted by molar-refractivity contribution is -0.0504. The van der Waals surface area contributed by atoms with E-state index in [9.17, 15) is 14.3 Å². The van der Waals surface area contributed by atoms with Gasteiger partial charge in [0.2, 0.25) is 5.95 Å². The number of aryl methyl sites for hydroxylation is 1. The zero-order chi connectivity index (χ0) is 17.8. The molecule has 4 heterocycles. The molecule has 0 unspecified atom stereocenters. The lowest BCUT2D eigenvalue weighted by atomic mass is 9.80. The van der Waals surface area contributed by atoms with Crippen molar-refractivity contribution in [3.05, 3.63) is 47.3 Å². The van der Waals surface area contributed by atoms with E-state index in [1.54, 1.807) is 30.1 Å². The van der Waals surface area contributed by atoms with E-state index in [1.807, 2.05) is 11.8 Å². The van der Waals surface area contributed by atoms with Crippen LogP contribution in [0.3, 0.4) is 0 Å². The normalized spacial score (nSPS) is 28.4. The molecule has 0 aromatic carbocycles. The first-order valence-electron chi connectivity index (χ1n) is 8.55. The van der Waals surface area contributed by atoms with Gasteiger partial charge in [0.25, 0.3) is 5.91 Å². The zero-order valence-electron chi connectivity index (χ0n) is 14.3. The lowest BCUT2D eigenvalue weighted by Gasteiger charge is -2.44. The summed E-state index contributed by atoms with van der Waals surface area (Å²) in [5, 5.41) is 15.3. The van der Waals surface area contributed by atoms with Crippen molar-refractivity contribution in [1.82, 2.24) is 19.7 Å². The summed E-state index contributed by atoms with van der Waals surface area (Å²) in [4.78, 5) is 18.5. The Morgan fingerprint density at radius 1 is 1.36 bits per heavy atom. The second-order valence-electron chi connectivity index (χ2n) is 7.15. The molecule has 2 aliphatic rings. The van der Waals surface area contributed by atoms with Crippen LogP contribution in [0.5, 0.6) is 0 Å². The van der Waals surface area contributed by atoms with Gasteiger partial charge in [-0.15, -0.1) is 0 Å². The summed E-state index contributed by atoms with van der Waals surface area (Å²) in [6.45, 7) is 1.87. The number of hydrogen-bond acceptors (Lipinski definition) is 4. The van der Waals surface area contributed by atoms with Gasteiger partial charge in [-0.2, -0.15) is 9.49 Å². The van der Waals surface area contributed by atoms with Crippen LogP contribution in [0.15, 0.2) is 24.5 Å². The number of piperidine rings is 1. The van der Waals surface area contributed by atoms with Crippen molar-refractivity contribution in [3.8, 4) is 0 Å². The summed E-state index contributed by atoms with van der Waals surface area (Å²) in [6, 6.07) is 3.02. The van der Waals surface area contributed by atoms with Crippen molar-refractivity contribution in [2.75, 3.05) is 0 Å². The van der Waals surface area contributed by atoms with E-state index < -0.39 is 11.5 Å². The monoisotopic (exact) mass is 344 g/mol. The predicted octanol–water partition coefficient (Wildman–Crippen LogP) is 1.92. The fraction of sp³-hybridized carbons (Fsp3) is 0.500. The largest absolute Gasteiger partial charge is 0.385 e. The Morgan fingerprint density at radius 2 is 2.04 bits per heavy atom. The molecule has 1 amide bonds. The van der Waals surface area contributed by atoms with Crippen molar-refractivity contribution in [1.29, 1.82) is 0 Å². The maximum absolute atomic E-state index is 14.1. The molecule has 6 nitrogen and oxygen atoms in total. The van der Waals surface area contributed by atoms with E-state index in [-0.39, 0.29) is 23.6 Å². The molecule has 2 aliphatic heterocycles. The molecule has 4 rings (SSSR count). The van der Waals surface area contributed by atoms with E-state index in [1.165, 1.54) is 6.20 Å². The molecule has 7 heteroatoms. The molecule has 2 aromatic rings. The van der Waals surface area contributed by atoms with Gasteiger partial charge in [0.15, 0.2) is 0 Å². The second-order valence-corrected chi connectivity index (χ2v) is 7.15. The molecule has 1 N–H and O–H groups in total. The Hall–Kier alpha value is -2.28. The summed E-state index contributed by atoms with van der Waals surface area (Å²) in [5.74, 6) is -0.681. The van der Waals surface area contributed by atoms with Crippen molar-refractivity contribution in [2.24, 2.45) is 7.05 Å². The maximum Gasteiger partial charge on any atom is 0.257 e. The molecule has 25 heavy (non-hydrogen) atoms. The van der Waals surface area contributed by atoms with Crippen molar-refractivity contribution >= 4 is 5.91 Å². The smallest absolute Gasteiger partial charge is 0.257 e. The Bertz CT molecular complexity index is 820. The predicted molar refractivity (Wildman–Crippen MR) is 88.3 cm³/mol. The first kappa shape index (κ1) is 16.2. The summed E-state index contributed by atoms with van der Waals surface area (Å²) >= 11 is 0. The maximum atomic E-state index is 14.1. The van der Waals surface area contributed by atoms with Gasteiger partial charge in [-0.3, -0.25) is 9.48 Å². The Balaban J connectivity index is 1.63. The van der Waals surface area contributed by atoms with Gasteiger partial charge in [0.05, 0.1) is 17.4 Å². The first-order chi connectivity index (χ1) is 11.9. The topological polar surface area (TPSA) is 71.2 Å². The molecule has 0 radical (unpaired) electrons. The average molecular weight is 344 g/mol. The van der Waals surface area contributed by atoms with Gasteiger partial charge in [-0.25, -0.2) is 4.98 Å². The molecule has 0 aliphatic carbocycles. The van der Waals surface area contributed by atoms with E-state index in [4.69, 9.17) is 0 Å². The summed E-state index contributed by atoms with van der Waals surface area (Å²) in [5.41, 5.74) is 0.378. The molecular formula is C18H21FN4O2. The first-order valence-corrected chi connectivity index (χ1v) is 8.55. The second kappa shape index (κ2) is 5.62. The molecule has 2 fully saturated rings. The third kappa shape index (κ3) is 2.45. The number of halogens is 1. The molecule has 0 saturated carbocycles. The Kier molecular flexibility index (Phi) is 3.64. The third-order valence-electron chi connectivity index (χ3n) is 5.73. The van der Waals surface area contributed by atoms with Gasteiger partial charge in [-0.1, -0.05) is 6.07 Å². The SMILES string of the molecule is Cc1c(C(=O)N2[C@@H]3CC[C@@H]2CC(O)(c2cccnc2F)C3)cnn1C. The highest BCUT2D eigenvalue weighted by Crippen LogP contribution is 2.46. The number of fused-ring (bicyclic) bond motifs is 2. The Morgan fingerprint density at radius 3 is 2.60 bits per heavy atom. The van der Waals surface area contributed by atoms with Crippen molar-refractivity contribution < 1.29 is 14.3 Å². The molecular weight excluding hydrogens is 323 g/mol. The average Bonchev–Trinajstić information content (AvgIpc) is 3.05. The number of carbonyl (C=O) groups excluding carboxylic acids is 1. The molecule has 2 bridgehead atoms. The van der Waals surface area contributed by atoms with Crippen LogP contribution in [0.25, 0.3) is 0 Å². The summed E-state index contributed by atoms with van der Waals surface area (Å²) in [6.07, 6.45) is 5.27. The third-order valence-corrected chi connectivity index (χ3v) is 5.73. The van der Waals surface area contributed by atoms with Crippen LogP contribution >= 0.6 is 0 Å². The highest BCUT2D eigenvalue weighted by molar-refractivity contribution is 5.95. The van der Waals surface area contributed by atoms with Crippen LogP contribution in [-0.4, -0.2) is 42.8 Å². The van der Waals surface area contributed by atoms with Crippen LogP contribution in [0, 0.1) is 12.9 Å². The van der Waals surface area contributed by atoms with E-state index in [0.717, 1.165) is 18.5 Å². The summed E-state index contributed by atoms with van der Waals surface area (Å²) in [7, 11) is 1.81. The number of amides is 1. The number of hydrogen-bond donors (Lipinski definition) is 1. The van der Waals surface area contributed by atoms with Crippen molar-refractivity contribution in [3.63, 3.8) is 0 Å². The molecule has 2 saturated heterocycles. The molecule has 0 spiro atoms. The quantitative estimate of drug-likeness (QED) is 0.845. The van der Waals surface area contributed by atoms with Crippen LogP contribution in [0.4, 0.5) is 4.39 Å². The Labute approximate surface area is 145 Å². The molecule has 2 aromatic heterocycles. The fourth-order valence-electron chi connectivity index (χ4n) is 4.36. The van der Waals surface area contributed by atoms with Gasteiger partial charge in [0, 0.05) is 49.4 Å². The van der Waals surface area contributed by atoms with E-state index in [0.29, 0.717) is 18.4 Å². The van der Waals surface area contributed by atoms with Crippen molar-refractivity contribution in [2.45, 2.75) is 50.3 Å². The standard InChI is InChI=1S/C18H21FN4O2/c1-11-14(10-21-22(11)2)17(24)23-12-5-6-13(23)9-18(25,8-12)15-4-3-7-20-16(15)19/h3-4,7,10,12-13,25H,5-6,8-9H2,1-2H3/t12-,13-/m1/s1. The summed E-state index contributed by atoms with van der Waals surface area (Å²) < 4.78 is 15.8. The minimum absolute atomic E-state index is 0.0493. The van der Waals surface area contributed by atoms with Crippen LogP contribution in [-0.2, 0) is 12.6 Å². The lowest BCUT2D eigenvalue weighted by Crippen LogP contribution is -2.52. The zero-order valence-corrected chi connectivity index (χ0v) is 14.3. The number of aliphatic hydroxyl groups is 1. The van der Waals surface area contributed by atoms with Gasteiger partial charge < -0.3 is 10.0 Å². The minimum atomic E-state index is -1.27. The number of nitrogens with zero attached hydrogens (tertiary/aromatic N) is 4. The van der Waals surface area contributed by atoms with Gasteiger partial charge in [-0.05, 0) is 25.8 Å². The van der Waals surface area contributed by atoms with Gasteiger partial charge >= 0.3 is 0 Å². The van der Waals surface area contributed by atoms with Crippen LogP contribution in [0.2, 0.25) is 0 Å². The van der Waals surface area contributed by atoms with E-state index in [2.05, 4.69) is 10.1 Å². The fourth-order valence-corrected chi connectivity index (χ4v) is 4.36. The highest BCUT2D eigenvalue weighted by atomic mass is 19.1. The van der Waals surface area contributed by atoms with Crippen LogP contribution in [0.1, 0.15) is 47.3 Å². The van der Waals surface area contributed by atoms with Gasteiger partial charge in [0.1, 0.15) is 0 Å². The molecule has 2 atom stereocenters. The highest BCUT2D eigenvalue weighted by Gasteiger charge is 2.51. The van der Waals surface area contributed by atoms with Crippen LogP contribution < -0.4 is 0 Å². The molecule has 132 valence electrons. The number of carbonyl (C=O) groups is 1.